The largest absolute Gasteiger partial charge is 0.322 e. The molecule has 2 fully saturated rings. The number of urea groups is 1. The third kappa shape index (κ3) is 2.58. The van der Waals surface area contributed by atoms with Crippen LogP contribution < -0.4 is 5.32 Å². The van der Waals surface area contributed by atoms with Crippen LogP contribution in [0.5, 0.6) is 0 Å². The summed E-state index contributed by atoms with van der Waals surface area (Å²) in [6.07, 6.45) is 0. The van der Waals surface area contributed by atoms with Gasteiger partial charge in [-0.15, -0.1) is 0 Å². The molecule has 2 aliphatic heterocycles. The lowest BCUT2D eigenvalue weighted by Crippen LogP contribution is -2.62. The van der Waals surface area contributed by atoms with Crippen LogP contribution in [0, 0.1) is 5.82 Å². The third-order valence-corrected chi connectivity index (χ3v) is 4.25. The van der Waals surface area contributed by atoms with E-state index in [-0.39, 0.29) is 41.7 Å². The molecule has 0 aromatic heterocycles. The number of hydrogen-bond donors (Lipinski definition) is 1. The maximum Gasteiger partial charge on any atom is 0.322 e. The third-order valence-electron chi connectivity index (χ3n) is 3.41. The number of nitrogens with zero attached hydrogens (tertiary/aromatic N) is 2. The highest BCUT2D eigenvalue weighted by atomic mass is 32.2. The number of para-hydroxylation sites is 1. The number of anilines is 1. The molecule has 4 amide bonds. The molecular weight excluding hydrogens is 297 g/mol. The average Bonchev–Trinajstić information content (AvgIpc) is 2.72. The van der Waals surface area contributed by atoms with Gasteiger partial charge >= 0.3 is 6.03 Å². The van der Waals surface area contributed by atoms with Crippen molar-refractivity contribution in [2.45, 2.75) is 6.04 Å². The molecule has 1 aromatic carbocycles. The highest BCUT2D eigenvalue weighted by molar-refractivity contribution is 8.14. The topological polar surface area (TPSA) is 69.7 Å². The second-order valence-corrected chi connectivity index (χ2v) is 5.71. The number of halogens is 1. The van der Waals surface area contributed by atoms with Crippen LogP contribution in [0.15, 0.2) is 24.3 Å². The van der Waals surface area contributed by atoms with Gasteiger partial charge in [-0.05, 0) is 12.1 Å². The maximum atomic E-state index is 13.4. The summed E-state index contributed by atoms with van der Waals surface area (Å²) in [5.41, 5.74) is 0.106. The van der Waals surface area contributed by atoms with Gasteiger partial charge in [0.05, 0.1) is 17.5 Å². The predicted octanol–water partition coefficient (Wildman–Crippen LogP) is 1.74. The minimum Gasteiger partial charge on any atom is -0.320 e. The minimum absolute atomic E-state index is 0.106. The number of nitrogens with one attached hydrogen (secondary N) is 1. The lowest BCUT2D eigenvalue weighted by atomic mass is 10.1. The van der Waals surface area contributed by atoms with Crippen molar-refractivity contribution in [1.29, 1.82) is 0 Å². The zero-order valence-corrected chi connectivity index (χ0v) is 11.7. The lowest BCUT2D eigenvalue weighted by molar-refractivity contribution is -0.128. The van der Waals surface area contributed by atoms with Crippen LogP contribution in [0.2, 0.25) is 0 Å². The van der Waals surface area contributed by atoms with Gasteiger partial charge in [0.15, 0.2) is 0 Å². The van der Waals surface area contributed by atoms with Crippen molar-refractivity contribution in [3.8, 4) is 0 Å². The number of carbonyl (C=O) groups is 3. The van der Waals surface area contributed by atoms with Gasteiger partial charge < -0.3 is 10.2 Å². The van der Waals surface area contributed by atoms with E-state index in [2.05, 4.69) is 5.32 Å². The molecule has 110 valence electrons. The van der Waals surface area contributed by atoms with Crippen molar-refractivity contribution in [3.05, 3.63) is 30.1 Å². The van der Waals surface area contributed by atoms with E-state index in [0.717, 1.165) is 11.8 Å². The van der Waals surface area contributed by atoms with Crippen molar-refractivity contribution in [3.63, 3.8) is 0 Å². The zero-order valence-electron chi connectivity index (χ0n) is 10.9. The molecule has 0 spiro atoms. The summed E-state index contributed by atoms with van der Waals surface area (Å²) in [5.74, 6) is -0.565. The fourth-order valence-corrected chi connectivity index (χ4v) is 3.03. The lowest BCUT2D eigenvalue weighted by Gasteiger charge is -2.42. The molecule has 0 radical (unpaired) electrons. The van der Waals surface area contributed by atoms with Crippen LogP contribution in [-0.4, -0.2) is 51.9 Å². The summed E-state index contributed by atoms with van der Waals surface area (Å²) in [7, 11) is 0. The highest BCUT2D eigenvalue weighted by Gasteiger charge is 2.43. The first kappa shape index (κ1) is 13.9. The number of benzene rings is 1. The molecule has 2 heterocycles. The average molecular weight is 309 g/mol. The number of rotatable bonds is 2. The molecule has 8 heteroatoms. The number of likely N-dealkylation sites (tertiary alicyclic amines) is 1. The van der Waals surface area contributed by atoms with Gasteiger partial charge in [-0.3, -0.25) is 14.5 Å². The smallest absolute Gasteiger partial charge is 0.320 e. The molecule has 0 aliphatic carbocycles. The fraction of sp³-hybridized carbons (Fsp3) is 0.308. The zero-order chi connectivity index (χ0) is 15.0. The van der Waals surface area contributed by atoms with Gasteiger partial charge in [-0.25, -0.2) is 9.18 Å². The van der Waals surface area contributed by atoms with Crippen LogP contribution in [-0.2, 0) is 4.79 Å². The Morgan fingerprint density at radius 1 is 1.29 bits per heavy atom. The Morgan fingerprint density at radius 2 is 2.00 bits per heavy atom. The molecule has 1 N–H and O–H groups in total. The Bertz CT molecular complexity index is 602. The number of hydrogen-bond acceptors (Lipinski definition) is 4. The fourth-order valence-electron chi connectivity index (χ4n) is 2.26. The summed E-state index contributed by atoms with van der Waals surface area (Å²) in [6.45, 7) is 0.552. The number of imide groups is 1. The molecule has 0 atom stereocenters. The number of amides is 4. The standard InChI is InChI=1S/C13H12FN3O3S/c14-9-3-1-2-4-10(9)15-12(19)16-5-8(6-16)17-11(18)7-21-13(17)20/h1-4,8H,5-7H2,(H,15,19). The molecule has 0 unspecified atom stereocenters. The predicted molar refractivity (Wildman–Crippen MR) is 75.5 cm³/mol. The van der Waals surface area contributed by atoms with E-state index < -0.39 is 11.8 Å². The van der Waals surface area contributed by atoms with E-state index in [0.29, 0.717) is 0 Å². The Balaban J connectivity index is 1.57. The van der Waals surface area contributed by atoms with Crippen LogP contribution >= 0.6 is 11.8 Å². The SMILES string of the molecule is O=C(Nc1ccccc1F)N1CC(N2C(=O)CSC2=O)C1. The molecule has 21 heavy (non-hydrogen) atoms. The first-order valence-electron chi connectivity index (χ1n) is 6.35. The van der Waals surface area contributed by atoms with Crippen LogP contribution in [0.3, 0.4) is 0 Å². The van der Waals surface area contributed by atoms with E-state index >= 15 is 0 Å². The normalized spacial score (nSPS) is 18.9. The van der Waals surface area contributed by atoms with Crippen LogP contribution in [0.25, 0.3) is 0 Å². The Morgan fingerprint density at radius 3 is 2.62 bits per heavy atom. The molecule has 6 nitrogen and oxygen atoms in total. The Hall–Kier alpha value is -2.09. The van der Waals surface area contributed by atoms with E-state index in [1.165, 1.54) is 28.0 Å². The van der Waals surface area contributed by atoms with Gasteiger partial charge in [0.1, 0.15) is 5.82 Å². The Kier molecular flexibility index (Phi) is 3.54. The van der Waals surface area contributed by atoms with E-state index in [1.54, 1.807) is 6.07 Å². The molecular formula is C13H12FN3O3S. The van der Waals surface area contributed by atoms with Gasteiger partial charge in [-0.2, -0.15) is 0 Å². The Labute approximate surface area is 124 Å². The number of thioether (sulfide) groups is 1. The summed E-state index contributed by atoms with van der Waals surface area (Å²) < 4.78 is 13.4. The molecule has 3 rings (SSSR count). The highest BCUT2D eigenvalue weighted by Crippen LogP contribution is 2.26. The summed E-state index contributed by atoms with van der Waals surface area (Å²) in [6, 6.07) is 5.17. The van der Waals surface area contributed by atoms with Gasteiger partial charge in [0.2, 0.25) is 5.91 Å². The molecule has 2 aliphatic rings. The minimum atomic E-state index is -0.510. The van der Waals surface area contributed by atoms with E-state index in [4.69, 9.17) is 0 Å². The van der Waals surface area contributed by atoms with Gasteiger partial charge in [0, 0.05) is 13.1 Å². The first-order chi connectivity index (χ1) is 10.1. The van der Waals surface area contributed by atoms with Crippen molar-refractivity contribution < 1.29 is 18.8 Å². The summed E-state index contributed by atoms with van der Waals surface area (Å²) in [4.78, 5) is 37.6. The monoisotopic (exact) mass is 309 g/mol. The maximum absolute atomic E-state index is 13.4. The van der Waals surface area contributed by atoms with Crippen molar-refractivity contribution in [2.75, 3.05) is 24.2 Å². The molecule has 0 saturated carbocycles. The van der Waals surface area contributed by atoms with Gasteiger partial charge in [-0.1, -0.05) is 23.9 Å². The van der Waals surface area contributed by atoms with Crippen molar-refractivity contribution >= 4 is 34.6 Å². The van der Waals surface area contributed by atoms with Gasteiger partial charge in [0.25, 0.3) is 5.24 Å². The second kappa shape index (κ2) is 5.36. The molecule has 2 saturated heterocycles. The van der Waals surface area contributed by atoms with E-state index in [1.807, 2.05) is 0 Å². The van der Waals surface area contributed by atoms with Crippen molar-refractivity contribution in [2.24, 2.45) is 0 Å². The number of carbonyl (C=O) groups excluding carboxylic acids is 3. The van der Waals surface area contributed by atoms with E-state index in [9.17, 15) is 18.8 Å². The summed E-state index contributed by atoms with van der Waals surface area (Å²) in [5, 5.41) is 2.20. The molecule has 0 bridgehead atoms. The molecule has 1 aromatic rings. The second-order valence-electron chi connectivity index (χ2n) is 4.79. The summed E-state index contributed by atoms with van der Waals surface area (Å²) >= 11 is 0.974. The quantitative estimate of drug-likeness (QED) is 0.903. The van der Waals surface area contributed by atoms with Crippen LogP contribution in [0.4, 0.5) is 19.7 Å². The first-order valence-corrected chi connectivity index (χ1v) is 7.34. The van der Waals surface area contributed by atoms with Crippen LogP contribution in [0.1, 0.15) is 0 Å². The van der Waals surface area contributed by atoms with Crippen molar-refractivity contribution in [1.82, 2.24) is 9.80 Å².